The van der Waals surface area contributed by atoms with Crippen molar-refractivity contribution in [3.8, 4) is 0 Å². The number of halogens is 1. The molecule has 0 aliphatic heterocycles. The lowest BCUT2D eigenvalue weighted by molar-refractivity contribution is 0.948. The monoisotopic (exact) mass is 286 g/mol. The van der Waals surface area contributed by atoms with E-state index >= 15 is 0 Å². The van der Waals surface area contributed by atoms with Gasteiger partial charge in [-0.1, -0.05) is 42.5 Å². The van der Waals surface area contributed by atoms with E-state index < -0.39 is 0 Å². The number of fused-ring (bicyclic) bond motifs is 1. The lowest BCUT2D eigenvalue weighted by atomic mass is 10.0. The zero-order chi connectivity index (χ0) is 13.2. The van der Waals surface area contributed by atoms with Crippen molar-refractivity contribution in [3.63, 3.8) is 0 Å². The molecule has 0 bridgehead atoms. The molecule has 2 heteroatoms. The number of thiophene rings is 1. The first-order valence-electron chi connectivity index (χ1n) is 6.41. The average molecular weight is 287 g/mol. The Kier molecular flexibility index (Phi) is 3.58. The van der Waals surface area contributed by atoms with Gasteiger partial charge in [0.1, 0.15) is 0 Å². The van der Waals surface area contributed by atoms with Crippen LogP contribution in [0.4, 0.5) is 0 Å². The van der Waals surface area contributed by atoms with E-state index in [1.54, 1.807) is 11.3 Å². The minimum Gasteiger partial charge on any atom is -0.144 e. The van der Waals surface area contributed by atoms with Crippen molar-refractivity contribution in [1.82, 2.24) is 0 Å². The van der Waals surface area contributed by atoms with Gasteiger partial charge in [0.25, 0.3) is 0 Å². The maximum absolute atomic E-state index is 6.56. The van der Waals surface area contributed by atoms with Crippen LogP contribution < -0.4 is 0 Å². The van der Waals surface area contributed by atoms with Gasteiger partial charge in [0.05, 0.1) is 5.38 Å². The molecule has 1 unspecified atom stereocenters. The molecule has 0 amide bonds. The van der Waals surface area contributed by atoms with Crippen LogP contribution in [-0.2, 0) is 6.42 Å². The molecule has 1 heterocycles. The summed E-state index contributed by atoms with van der Waals surface area (Å²) < 4.78 is 0. The Morgan fingerprint density at radius 1 is 1.00 bits per heavy atom. The topological polar surface area (TPSA) is 0 Å². The Balaban J connectivity index is 1.93. The number of rotatable bonds is 3. The summed E-state index contributed by atoms with van der Waals surface area (Å²) in [7, 11) is 0. The van der Waals surface area contributed by atoms with Crippen molar-refractivity contribution < 1.29 is 0 Å². The maximum atomic E-state index is 6.56. The van der Waals surface area contributed by atoms with E-state index in [0.29, 0.717) is 0 Å². The van der Waals surface area contributed by atoms with Crippen LogP contribution in [0.5, 0.6) is 0 Å². The molecule has 2 aromatic carbocycles. The molecular formula is C17H15ClS. The first-order chi connectivity index (χ1) is 9.24. The number of alkyl halides is 1. The van der Waals surface area contributed by atoms with E-state index in [1.165, 1.54) is 26.1 Å². The van der Waals surface area contributed by atoms with Gasteiger partial charge in [0.15, 0.2) is 0 Å². The van der Waals surface area contributed by atoms with E-state index in [9.17, 15) is 0 Å². The Morgan fingerprint density at radius 3 is 2.58 bits per heavy atom. The average Bonchev–Trinajstić information content (AvgIpc) is 2.86. The van der Waals surface area contributed by atoms with Gasteiger partial charge in [-0.25, -0.2) is 0 Å². The standard InChI is InChI=1S/C17H15ClS/c1-12-9-10-17(19-12)16(18)11-14-7-4-6-13-5-2-3-8-15(13)14/h2-10,16H,11H2,1H3. The predicted octanol–water partition coefficient (Wildman–Crippen LogP) is 5.73. The van der Waals surface area contributed by atoms with Crippen LogP contribution >= 0.6 is 22.9 Å². The molecule has 3 aromatic rings. The van der Waals surface area contributed by atoms with Gasteiger partial charge < -0.3 is 0 Å². The van der Waals surface area contributed by atoms with Crippen molar-refractivity contribution in [2.75, 3.05) is 0 Å². The summed E-state index contributed by atoms with van der Waals surface area (Å²) in [5, 5.41) is 2.65. The van der Waals surface area contributed by atoms with Gasteiger partial charge in [0, 0.05) is 9.75 Å². The SMILES string of the molecule is Cc1ccc(C(Cl)Cc2cccc3ccccc23)s1. The molecule has 1 aromatic heterocycles. The van der Waals surface area contributed by atoms with Crippen LogP contribution in [0, 0.1) is 6.92 Å². The minimum atomic E-state index is 0.0597. The molecule has 0 fully saturated rings. The zero-order valence-electron chi connectivity index (χ0n) is 10.8. The molecule has 96 valence electrons. The van der Waals surface area contributed by atoms with E-state index in [4.69, 9.17) is 11.6 Å². The van der Waals surface area contributed by atoms with E-state index in [-0.39, 0.29) is 5.38 Å². The molecule has 0 saturated heterocycles. The highest BCUT2D eigenvalue weighted by molar-refractivity contribution is 7.12. The Morgan fingerprint density at radius 2 is 1.79 bits per heavy atom. The Labute approximate surface area is 122 Å². The second kappa shape index (κ2) is 5.36. The zero-order valence-corrected chi connectivity index (χ0v) is 12.3. The van der Waals surface area contributed by atoms with Crippen molar-refractivity contribution in [1.29, 1.82) is 0 Å². The van der Waals surface area contributed by atoms with Crippen molar-refractivity contribution in [2.24, 2.45) is 0 Å². The van der Waals surface area contributed by atoms with E-state index in [1.807, 2.05) is 0 Å². The summed E-state index contributed by atoms with van der Waals surface area (Å²) in [6.07, 6.45) is 0.878. The fourth-order valence-electron chi connectivity index (χ4n) is 2.39. The van der Waals surface area contributed by atoms with Gasteiger partial charge in [0.2, 0.25) is 0 Å². The Bertz CT molecular complexity index is 694. The smallest absolute Gasteiger partial charge is 0.0719 e. The highest BCUT2D eigenvalue weighted by atomic mass is 35.5. The maximum Gasteiger partial charge on any atom is 0.0719 e. The quantitative estimate of drug-likeness (QED) is 0.539. The number of hydrogen-bond acceptors (Lipinski definition) is 1. The summed E-state index contributed by atoms with van der Waals surface area (Å²) >= 11 is 8.35. The van der Waals surface area contributed by atoms with Crippen molar-refractivity contribution >= 4 is 33.7 Å². The van der Waals surface area contributed by atoms with Crippen LogP contribution in [-0.4, -0.2) is 0 Å². The molecule has 0 saturated carbocycles. The second-order valence-electron chi connectivity index (χ2n) is 4.76. The molecule has 0 aliphatic rings. The molecule has 3 rings (SSSR count). The molecule has 0 radical (unpaired) electrons. The Hall–Kier alpha value is -1.31. The fraction of sp³-hybridized carbons (Fsp3) is 0.176. The molecule has 1 atom stereocenters. The predicted molar refractivity (Wildman–Crippen MR) is 85.3 cm³/mol. The van der Waals surface area contributed by atoms with Crippen LogP contribution in [0.25, 0.3) is 10.8 Å². The summed E-state index contributed by atoms with van der Waals surface area (Å²) in [6.45, 7) is 2.12. The summed E-state index contributed by atoms with van der Waals surface area (Å²) in [4.78, 5) is 2.57. The van der Waals surface area contributed by atoms with Gasteiger partial charge in [-0.2, -0.15) is 0 Å². The second-order valence-corrected chi connectivity index (χ2v) is 6.60. The van der Waals surface area contributed by atoms with Crippen LogP contribution in [0.1, 0.15) is 20.7 Å². The molecular weight excluding hydrogens is 272 g/mol. The molecule has 0 nitrogen and oxygen atoms in total. The largest absolute Gasteiger partial charge is 0.144 e. The first-order valence-corrected chi connectivity index (χ1v) is 7.66. The molecule has 0 aliphatic carbocycles. The highest BCUT2D eigenvalue weighted by Crippen LogP contribution is 2.32. The number of aryl methyl sites for hydroxylation is 1. The lowest BCUT2D eigenvalue weighted by Crippen LogP contribution is -1.94. The van der Waals surface area contributed by atoms with Crippen LogP contribution in [0.3, 0.4) is 0 Å². The fourth-order valence-corrected chi connectivity index (χ4v) is 3.61. The summed E-state index contributed by atoms with van der Waals surface area (Å²) in [5.41, 5.74) is 1.32. The third kappa shape index (κ3) is 2.68. The van der Waals surface area contributed by atoms with Gasteiger partial charge in [-0.05, 0) is 41.8 Å². The summed E-state index contributed by atoms with van der Waals surface area (Å²) in [5.74, 6) is 0. The van der Waals surface area contributed by atoms with Crippen LogP contribution in [0.2, 0.25) is 0 Å². The van der Waals surface area contributed by atoms with Crippen molar-refractivity contribution in [2.45, 2.75) is 18.7 Å². The third-order valence-corrected chi connectivity index (χ3v) is 4.98. The highest BCUT2D eigenvalue weighted by Gasteiger charge is 2.12. The number of benzene rings is 2. The first kappa shape index (κ1) is 12.7. The molecule has 0 N–H and O–H groups in total. The molecule has 19 heavy (non-hydrogen) atoms. The third-order valence-electron chi connectivity index (χ3n) is 3.35. The van der Waals surface area contributed by atoms with Gasteiger partial charge in [-0.15, -0.1) is 22.9 Å². The van der Waals surface area contributed by atoms with Gasteiger partial charge in [-0.3, -0.25) is 0 Å². The van der Waals surface area contributed by atoms with E-state index in [0.717, 1.165) is 6.42 Å². The number of hydrogen-bond donors (Lipinski definition) is 0. The lowest BCUT2D eigenvalue weighted by Gasteiger charge is -2.10. The van der Waals surface area contributed by atoms with Crippen molar-refractivity contribution in [3.05, 3.63) is 69.9 Å². The van der Waals surface area contributed by atoms with Gasteiger partial charge >= 0.3 is 0 Å². The van der Waals surface area contributed by atoms with Crippen LogP contribution in [0.15, 0.2) is 54.6 Å². The summed E-state index contributed by atoms with van der Waals surface area (Å²) in [6, 6.07) is 19.2. The minimum absolute atomic E-state index is 0.0597. The molecule has 0 spiro atoms. The van der Waals surface area contributed by atoms with E-state index in [2.05, 4.69) is 61.5 Å². The normalized spacial score (nSPS) is 12.7.